The first-order valence-corrected chi connectivity index (χ1v) is 13.4. The molecule has 3 N–H and O–H groups in total. The molecule has 37 heavy (non-hydrogen) atoms. The van der Waals surface area contributed by atoms with Crippen LogP contribution in [-0.2, 0) is 14.8 Å². The van der Waals surface area contributed by atoms with Gasteiger partial charge in [-0.15, -0.1) is 0 Å². The minimum atomic E-state index is -4.21. The lowest BCUT2D eigenvalue weighted by Gasteiger charge is -2.41. The summed E-state index contributed by atoms with van der Waals surface area (Å²) in [6.45, 7) is -0.250. The largest absolute Gasteiger partial charge is 0.483 e. The highest BCUT2D eigenvalue weighted by molar-refractivity contribution is 7.92. The molecule has 0 radical (unpaired) electrons. The van der Waals surface area contributed by atoms with Gasteiger partial charge in [-0.25, -0.2) is 22.8 Å². The molecule has 198 valence electrons. The highest BCUT2D eigenvalue weighted by Gasteiger charge is 2.33. The Morgan fingerprint density at radius 1 is 1.16 bits per heavy atom. The van der Waals surface area contributed by atoms with Gasteiger partial charge in [0.2, 0.25) is 0 Å². The minimum Gasteiger partial charge on any atom is -0.483 e. The molecule has 0 bridgehead atoms. The van der Waals surface area contributed by atoms with Crippen molar-refractivity contribution in [1.82, 2.24) is 14.9 Å². The van der Waals surface area contributed by atoms with Crippen LogP contribution in [0.15, 0.2) is 66.0 Å². The second-order valence-corrected chi connectivity index (χ2v) is 10.8. The van der Waals surface area contributed by atoms with Crippen LogP contribution in [0, 0.1) is 5.82 Å². The molecule has 1 aliphatic carbocycles. The van der Waals surface area contributed by atoms with Crippen molar-refractivity contribution in [3.05, 3.63) is 77.5 Å². The molecule has 0 saturated heterocycles. The Morgan fingerprint density at radius 3 is 2.49 bits per heavy atom. The van der Waals surface area contributed by atoms with E-state index in [0.29, 0.717) is 11.6 Å². The molecule has 4 rings (SSSR count). The van der Waals surface area contributed by atoms with Crippen molar-refractivity contribution in [3.63, 3.8) is 0 Å². The van der Waals surface area contributed by atoms with Gasteiger partial charge in [-0.05, 0) is 63.0 Å². The minimum absolute atomic E-state index is 0.0356. The van der Waals surface area contributed by atoms with Gasteiger partial charge in [0, 0.05) is 18.3 Å². The summed E-state index contributed by atoms with van der Waals surface area (Å²) < 4.78 is 42.6. The van der Waals surface area contributed by atoms with Crippen LogP contribution in [0.25, 0.3) is 0 Å². The van der Waals surface area contributed by atoms with Gasteiger partial charge >= 0.3 is 0 Å². The fraction of sp³-hybridized carbons (Fsp3) is 0.320. The maximum absolute atomic E-state index is 15.0. The summed E-state index contributed by atoms with van der Waals surface area (Å²) in [5, 5.41) is 10.4. The number of aromatic nitrogens is 2. The Hall–Kier alpha value is -3.28. The van der Waals surface area contributed by atoms with E-state index >= 15 is 0 Å². The number of carbonyl (C=O) groups is 1. The number of likely N-dealkylation sites (N-methyl/N-ethyl adjacent to an activating group) is 1. The fourth-order valence-corrected chi connectivity index (χ4v) is 5.88. The zero-order valence-corrected chi connectivity index (χ0v) is 22.0. The lowest BCUT2D eigenvalue weighted by atomic mass is 9.78. The number of sulfonamides is 1. The molecule has 3 atom stereocenters. The number of nitrogens with one attached hydrogen (secondary N) is 2. The van der Waals surface area contributed by atoms with E-state index in [9.17, 15) is 12.8 Å². The molecule has 12 heteroatoms. The van der Waals surface area contributed by atoms with E-state index in [2.05, 4.69) is 49.2 Å². The number of hydrogen-bond acceptors (Lipinski definition) is 7. The summed E-state index contributed by atoms with van der Waals surface area (Å²) in [5.74, 6) is -0.413. The first-order chi connectivity index (χ1) is 17.7. The van der Waals surface area contributed by atoms with Crippen LogP contribution >= 0.6 is 11.6 Å². The van der Waals surface area contributed by atoms with E-state index < -0.39 is 20.7 Å². The summed E-state index contributed by atoms with van der Waals surface area (Å²) in [6.07, 6.45) is 5.39. The first kappa shape index (κ1) is 28.3. The van der Waals surface area contributed by atoms with Crippen LogP contribution in [0.4, 0.5) is 15.9 Å². The number of benzene rings is 2. The summed E-state index contributed by atoms with van der Waals surface area (Å²) in [6, 6.07) is 14.3. The molecule has 1 aromatic heterocycles. The molecule has 1 aliphatic rings. The van der Waals surface area contributed by atoms with Crippen LogP contribution < -0.4 is 10.0 Å². The predicted molar refractivity (Wildman–Crippen MR) is 141 cm³/mol. The highest BCUT2D eigenvalue weighted by Crippen LogP contribution is 2.37. The third-order valence-electron chi connectivity index (χ3n) is 6.22. The van der Waals surface area contributed by atoms with Gasteiger partial charge in [-0.1, -0.05) is 41.9 Å². The van der Waals surface area contributed by atoms with Crippen molar-refractivity contribution in [2.24, 2.45) is 0 Å². The van der Waals surface area contributed by atoms with Gasteiger partial charge in [0.25, 0.3) is 16.5 Å². The lowest BCUT2D eigenvalue weighted by molar-refractivity contribution is -0.122. The zero-order chi connectivity index (χ0) is 27.0. The van der Waals surface area contributed by atoms with Crippen molar-refractivity contribution >= 4 is 39.6 Å². The molecule has 3 aromatic rings. The maximum Gasteiger partial charge on any atom is 0.290 e. The van der Waals surface area contributed by atoms with Crippen LogP contribution in [0.3, 0.4) is 0 Å². The maximum atomic E-state index is 15.0. The van der Waals surface area contributed by atoms with E-state index in [1.807, 2.05) is 20.2 Å². The van der Waals surface area contributed by atoms with Crippen LogP contribution in [0.1, 0.15) is 30.7 Å². The molecule has 0 amide bonds. The second kappa shape index (κ2) is 12.8. The monoisotopic (exact) mass is 549 g/mol. The van der Waals surface area contributed by atoms with Crippen molar-refractivity contribution in [3.8, 4) is 0 Å². The van der Waals surface area contributed by atoms with E-state index in [1.165, 1.54) is 24.2 Å². The molecule has 0 spiro atoms. The van der Waals surface area contributed by atoms with Gasteiger partial charge in [0.15, 0.2) is 0 Å². The van der Waals surface area contributed by atoms with Gasteiger partial charge in [0.05, 0.1) is 10.7 Å². The van der Waals surface area contributed by atoms with E-state index in [1.54, 1.807) is 0 Å². The molecule has 0 unspecified atom stereocenters. The topological polar surface area (TPSA) is 125 Å². The number of nitrogens with zero attached hydrogens (tertiary/aromatic N) is 3. The SMILES string of the molecule is CN(C)[C@H]1C[C@@H](c2ccccc2)CC[C@@H]1Nc1cc(F)c(S(=O)(=O)Nc2ccncn2)cc1Cl.O=CO. The molecule has 1 saturated carbocycles. The molecule has 1 heterocycles. The molecule has 9 nitrogen and oxygen atoms in total. The number of rotatable bonds is 7. The van der Waals surface area contributed by atoms with Gasteiger partial charge in [0.1, 0.15) is 22.9 Å². The average Bonchev–Trinajstić information content (AvgIpc) is 2.87. The first-order valence-electron chi connectivity index (χ1n) is 11.5. The Morgan fingerprint density at radius 2 is 1.86 bits per heavy atom. The van der Waals surface area contributed by atoms with E-state index in [4.69, 9.17) is 21.5 Å². The van der Waals surface area contributed by atoms with E-state index in [-0.39, 0.29) is 29.4 Å². The number of anilines is 2. The molecular weight excluding hydrogens is 521 g/mol. The standard InChI is InChI=1S/C24H27ClFN5O2S.CH2O2/c1-31(2)22-12-17(16-6-4-3-5-7-16)8-9-20(22)29-21-14-19(26)23(13-18(21)25)34(32,33)30-24-10-11-27-15-28-24;2-1-3/h3-7,10-11,13-15,17,20,22,29H,8-9,12H2,1-2H3,(H,27,28,30);1H,(H,2,3)/t17-,20-,22-;/m0./s1. The summed E-state index contributed by atoms with van der Waals surface area (Å²) in [7, 11) is -0.152. The Kier molecular flexibility index (Phi) is 9.79. The number of hydrogen-bond donors (Lipinski definition) is 3. The van der Waals surface area contributed by atoms with Crippen molar-refractivity contribution in [2.45, 2.75) is 42.2 Å². The van der Waals surface area contributed by atoms with Crippen LogP contribution in [-0.4, -0.2) is 61.0 Å². The highest BCUT2D eigenvalue weighted by atomic mass is 35.5. The lowest BCUT2D eigenvalue weighted by Crippen LogP contribution is -2.47. The van der Waals surface area contributed by atoms with Crippen LogP contribution in [0.5, 0.6) is 0 Å². The normalized spacial score (nSPS) is 19.4. The summed E-state index contributed by atoms with van der Waals surface area (Å²) in [4.78, 5) is 17.5. The third-order valence-corrected chi connectivity index (χ3v) is 7.91. The Bertz CT molecular complexity index is 1280. The number of carboxylic acid groups (broad SMARTS) is 1. The predicted octanol–water partition coefficient (Wildman–Crippen LogP) is 4.45. The smallest absolute Gasteiger partial charge is 0.290 e. The molecule has 2 aromatic carbocycles. The quantitative estimate of drug-likeness (QED) is 0.369. The molecular formula is C25H29ClFN5O4S. The van der Waals surface area contributed by atoms with Gasteiger partial charge < -0.3 is 15.3 Å². The fourth-order valence-electron chi connectivity index (χ4n) is 4.50. The Balaban J connectivity index is 0.00000121. The summed E-state index contributed by atoms with van der Waals surface area (Å²) in [5.41, 5.74) is 1.69. The zero-order valence-electron chi connectivity index (χ0n) is 20.4. The second-order valence-electron chi connectivity index (χ2n) is 8.77. The third kappa shape index (κ3) is 7.37. The van der Waals surface area contributed by atoms with Gasteiger partial charge in [-0.3, -0.25) is 9.52 Å². The molecule has 1 fully saturated rings. The van der Waals surface area contributed by atoms with Crippen molar-refractivity contribution in [1.29, 1.82) is 0 Å². The van der Waals surface area contributed by atoms with Gasteiger partial charge in [-0.2, -0.15) is 0 Å². The summed E-state index contributed by atoms with van der Waals surface area (Å²) >= 11 is 6.42. The van der Waals surface area contributed by atoms with Crippen molar-refractivity contribution < 1.29 is 22.7 Å². The molecule has 0 aliphatic heterocycles. The number of halogens is 2. The van der Waals surface area contributed by atoms with E-state index in [0.717, 1.165) is 31.4 Å². The Labute approximate surface area is 220 Å². The van der Waals surface area contributed by atoms with Crippen LogP contribution in [0.2, 0.25) is 5.02 Å². The average molecular weight is 550 g/mol. The van der Waals surface area contributed by atoms with Crippen molar-refractivity contribution in [2.75, 3.05) is 24.1 Å².